The van der Waals surface area contributed by atoms with Crippen molar-refractivity contribution >= 4 is 11.8 Å². The highest BCUT2D eigenvalue weighted by molar-refractivity contribution is 5.99. The van der Waals surface area contributed by atoms with E-state index in [4.69, 9.17) is 14.2 Å². The highest BCUT2D eigenvalue weighted by Gasteiger charge is 2.19. The fraction of sp³-hybridized carbons (Fsp3) is 0.292. The Balaban J connectivity index is 1.76. The monoisotopic (exact) mass is 452 g/mol. The van der Waals surface area contributed by atoms with Crippen LogP contribution in [-0.4, -0.2) is 41.4 Å². The van der Waals surface area contributed by atoms with Crippen molar-refractivity contribution in [1.29, 1.82) is 0 Å². The summed E-state index contributed by atoms with van der Waals surface area (Å²) in [5, 5.41) is 4.34. The summed E-state index contributed by atoms with van der Waals surface area (Å²) in [5.41, 5.74) is 6.86. The molecule has 0 bridgehead atoms. The van der Waals surface area contributed by atoms with Gasteiger partial charge >= 0.3 is 0 Å². The van der Waals surface area contributed by atoms with Crippen LogP contribution in [0.25, 0.3) is 5.69 Å². The van der Waals surface area contributed by atoms with Crippen molar-refractivity contribution in [3.05, 3.63) is 65.5 Å². The van der Waals surface area contributed by atoms with E-state index < -0.39 is 11.8 Å². The molecule has 0 aliphatic carbocycles. The summed E-state index contributed by atoms with van der Waals surface area (Å²) >= 11 is 0. The van der Waals surface area contributed by atoms with Crippen LogP contribution in [0.4, 0.5) is 0 Å². The molecule has 0 fully saturated rings. The lowest BCUT2D eigenvalue weighted by atomic mass is 10.1. The topological polar surface area (TPSA) is 104 Å². The number of hydrazine groups is 1. The molecule has 2 N–H and O–H groups in total. The van der Waals surface area contributed by atoms with Crippen LogP contribution in [0.2, 0.25) is 0 Å². The Bertz CT molecular complexity index is 1080. The summed E-state index contributed by atoms with van der Waals surface area (Å²) < 4.78 is 18.6. The predicted molar refractivity (Wildman–Crippen MR) is 123 cm³/mol. The molecule has 0 saturated carbocycles. The average Bonchev–Trinajstić information content (AvgIpc) is 3.21. The van der Waals surface area contributed by atoms with Gasteiger partial charge in [-0.1, -0.05) is 18.2 Å². The van der Waals surface area contributed by atoms with Crippen molar-refractivity contribution in [1.82, 2.24) is 20.6 Å². The van der Waals surface area contributed by atoms with E-state index in [1.165, 1.54) is 0 Å². The van der Waals surface area contributed by atoms with Crippen LogP contribution >= 0.6 is 0 Å². The number of rotatable bonds is 9. The minimum Gasteiger partial charge on any atom is -0.490 e. The number of carbonyl (C=O) groups excluding carboxylic acids is 2. The van der Waals surface area contributed by atoms with E-state index >= 15 is 0 Å². The number of aryl methyl sites for hydroxylation is 1. The van der Waals surface area contributed by atoms with Gasteiger partial charge in [0, 0.05) is 11.3 Å². The molecule has 2 aromatic carbocycles. The normalized spacial score (nSPS) is 10.4. The van der Waals surface area contributed by atoms with Gasteiger partial charge in [0.15, 0.2) is 17.2 Å². The van der Waals surface area contributed by atoms with E-state index in [0.29, 0.717) is 37.1 Å². The number of benzene rings is 2. The summed E-state index contributed by atoms with van der Waals surface area (Å²) in [6, 6.07) is 14.2. The highest BCUT2D eigenvalue weighted by atomic mass is 16.5. The second-order valence-corrected chi connectivity index (χ2v) is 6.93. The molecule has 1 heterocycles. The first-order valence-electron chi connectivity index (χ1n) is 10.8. The standard InChI is InChI=1S/C24H28N4O5/c1-5-31-20-14-17(15-21(32-6-2)22(20)33-7-3)23(29)25-26-24(30)19-13-16(4)28(27-19)18-11-9-8-10-12-18/h8-15H,5-7H2,1-4H3,(H,25,29)(H,26,30). The van der Waals surface area contributed by atoms with E-state index in [-0.39, 0.29) is 11.3 Å². The Labute approximate surface area is 192 Å². The zero-order chi connectivity index (χ0) is 23.8. The maximum Gasteiger partial charge on any atom is 0.290 e. The lowest BCUT2D eigenvalue weighted by molar-refractivity contribution is 0.0843. The molecule has 33 heavy (non-hydrogen) atoms. The number of carbonyl (C=O) groups is 2. The van der Waals surface area contributed by atoms with Crippen LogP contribution in [0.5, 0.6) is 17.2 Å². The third kappa shape index (κ3) is 5.62. The van der Waals surface area contributed by atoms with E-state index in [9.17, 15) is 9.59 Å². The Morgan fingerprint density at radius 1 is 0.848 bits per heavy atom. The van der Waals surface area contributed by atoms with Gasteiger partial charge in [0.1, 0.15) is 0 Å². The van der Waals surface area contributed by atoms with Crippen molar-refractivity contribution in [3.8, 4) is 22.9 Å². The summed E-state index contributed by atoms with van der Waals surface area (Å²) in [6.07, 6.45) is 0. The number of aromatic nitrogens is 2. The number of para-hydroxylation sites is 1. The van der Waals surface area contributed by atoms with E-state index in [0.717, 1.165) is 11.4 Å². The molecule has 0 atom stereocenters. The van der Waals surface area contributed by atoms with Crippen LogP contribution < -0.4 is 25.1 Å². The third-order valence-electron chi connectivity index (χ3n) is 4.58. The number of hydrogen-bond acceptors (Lipinski definition) is 6. The lowest BCUT2D eigenvalue weighted by Gasteiger charge is -2.17. The van der Waals surface area contributed by atoms with Crippen molar-refractivity contribution in [2.45, 2.75) is 27.7 Å². The Morgan fingerprint density at radius 2 is 1.42 bits per heavy atom. The van der Waals surface area contributed by atoms with Gasteiger partial charge in [0.05, 0.1) is 25.5 Å². The molecule has 9 heteroatoms. The molecule has 1 aromatic heterocycles. The predicted octanol–water partition coefficient (Wildman–Crippen LogP) is 3.45. The zero-order valence-electron chi connectivity index (χ0n) is 19.2. The number of hydrogen-bond donors (Lipinski definition) is 2. The van der Waals surface area contributed by atoms with Crippen LogP contribution in [0, 0.1) is 6.92 Å². The lowest BCUT2D eigenvalue weighted by Crippen LogP contribution is -2.41. The molecule has 0 unspecified atom stereocenters. The minimum absolute atomic E-state index is 0.174. The van der Waals surface area contributed by atoms with Gasteiger partial charge in [-0.2, -0.15) is 5.10 Å². The molecular formula is C24H28N4O5. The first-order valence-corrected chi connectivity index (χ1v) is 10.8. The van der Waals surface area contributed by atoms with Gasteiger partial charge in [-0.25, -0.2) is 4.68 Å². The van der Waals surface area contributed by atoms with Gasteiger partial charge in [-0.05, 0) is 58.0 Å². The largest absolute Gasteiger partial charge is 0.490 e. The molecule has 2 amide bonds. The minimum atomic E-state index is -0.540. The molecule has 0 spiro atoms. The maximum atomic E-state index is 12.8. The van der Waals surface area contributed by atoms with Gasteiger partial charge in [0.2, 0.25) is 5.75 Å². The summed E-state index contributed by atoms with van der Waals surface area (Å²) in [7, 11) is 0. The Kier molecular flexibility index (Phi) is 7.91. The molecule has 0 radical (unpaired) electrons. The van der Waals surface area contributed by atoms with Gasteiger partial charge in [-0.15, -0.1) is 0 Å². The molecule has 0 aliphatic rings. The van der Waals surface area contributed by atoms with E-state index in [2.05, 4.69) is 16.0 Å². The summed E-state index contributed by atoms with van der Waals surface area (Å²) in [4.78, 5) is 25.3. The Hall–Kier alpha value is -4.01. The first-order chi connectivity index (χ1) is 16.0. The molecule has 0 saturated heterocycles. The number of nitrogens with zero attached hydrogens (tertiary/aromatic N) is 2. The third-order valence-corrected chi connectivity index (χ3v) is 4.58. The maximum absolute atomic E-state index is 12.8. The second kappa shape index (κ2) is 11.0. The first kappa shape index (κ1) is 23.6. The van der Waals surface area contributed by atoms with Crippen LogP contribution in [0.1, 0.15) is 47.3 Å². The molecule has 0 aliphatic heterocycles. The van der Waals surface area contributed by atoms with E-state index in [1.54, 1.807) is 22.9 Å². The zero-order valence-corrected chi connectivity index (χ0v) is 19.2. The van der Waals surface area contributed by atoms with Crippen molar-refractivity contribution < 1.29 is 23.8 Å². The van der Waals surface area contributed by atoms with Gasteiger partial charge in [0.25, 0.3) is 11.8 Å². The van der Waals surface area contributed by atoms with Crippen molar-refractivity contribution in [3.63, 3.8) is 0 Å². The smallest absolute Gasteiger partial charge is 0.290 e. The fourth-order valence-electron chi connectivity index (χ4n) is 3.19. The van der Waals surface area contributed by atoms with Crippen molar-refractivity contribution in [2.24, 2.45) is 0 Å². The van der Waals surface area contributed by atoms with Crippen molar-refractivity contribution in [2.75, 3.05) is 19.8 Å². The molecule has 3 rings (SSSR count). The number of amides is 2. The van der Waals surface area contributed by atoms with Crippen LogP contribution in [-0.2, 0) is 0 Å². The second-order valence-electron chi connectivity index (χ2n) is 6.93. The molecule has 3 aromatic rings. The molecule has 174 valence electrons. The van der Waals surface area contributed by atoms with Crippen LogP contribution in [0.15, 0.2) is 48.5 Å². The average molecular weight is 453 g/mol. The van der Waals surface area contributed by atoms with E-state index in [1.807, 2.05) is 58.0 Å². The number of ether oxygens (including phenoxy) is 3. The summed E-state index contributed by atoms with van der Waals surface area (Å²) in [5.74, 6) is 0.136. The molecule has 9 nitrogen and oxygen atoms in total. The Morgan fingerprint density at radius 3 is 2.00 bits per heavy atom. The quantitative estimate of drug-likeness (QED) is 0.482. The van der Waals surface area contributed by atoms with Crippen LogP contribution in [0.3, 0.4) is 0 Å². The highest BCUT2D eigenvalue weighted by Crippen LogP contribution is 2.39. The SMILES string of the molecule is CCOc1cc(C(=O)NNC(=O)c2cc(C)n(-c3ccccc3)n2)cc(OCC)c1OCC. The fourth-order valence-corrected chi connectivity index (χ4v) is 3.19. The summed E-state index contributed by atoms with van der Waals surface area (Å²) in [6.45, 7) is 8.55. The number of nitrogens with one attached hydrogen (secondary N) is 2. The molecular weight excluding hydrogens is 424 g/mol. The van der Waals surface area contributed by atoms with Gasteiger partial charge in [-0.3, -0.25) is 20.4 Å². The van der Waals surface area contributed by atoms with Gasteiger partial charge < -0.3 is 14.2 Å².